The van der Waals surface area contributed by atoms with E-state index < -0.39 is 29.8 Å². The van der Waals surface area contributed by atoms with E-state index in [9.17, 15) is 23.5 Å². The van der Waals surface area contributed by atoms with E-state index in [1.54, 1.807) is 0 Å². The Hall–Kier alpha value is -0.330. The highest BCUT2D eigenvalue weighted by atomic mass is 19.4. The Morgan fingerprint density at radius 2 is 1.71 bits per heavy atom. The molecule has 2 N–H and O–H groups in total. The van der Waals surface area contributed by atoms with Crippen molar-refractivity contribution in [1.29, 1.82) is 0 Å². The highest BCUT2D eigenvalue weighted by Gasteiger charge is 2.65. The number of halogens is 3. The van der Waals surface area contributed by atoms with Crippen LogP contribution >= 0.6 is 0 Å². The SMILES string of the molecule is CC1(C)C(O)CC(C)(C(F)(F)F)N1O. The van der Waals surface area contributed by atoms with E-state index in [4.69, 9.17) is 0 Å². The number of aliphatic hydroxyl groups excluding tert-OH is 1. The van der Waals surface area contributed by atoms with E-state index in [1.165, 1.54) is 13.8 Å². The summed E-state index contributed by atoms with van der Waals surface area (Å²) in [7, 11) is 0. The molecule has 0 aromatic rings. The van der Waals surface area contributed by atoms with Crippen molar-refractivity contribution >= 4 is 0 Å². The van der Waals surface area contributed by atoms with E-state index in [-0.39, 0.29) is 5.06 Å². The van der Waals surface area contributed by atoms with E-state index in [1.807, 2.05) is 0 Å². The summed E-state index contributed by atoms with van der Waals surface area (Å²) in [6.45, 7) is 3.62. The topological polar surface area (TPSA) is 43.7 Å². The van der Waals surface area contributed by atoms with Gasteiger partial charge in [-0.3, -0.25) is 0 Å². The van der Waals surface area contributed by atoms with Gasteiger partial charge in [-0.15, -0.1) is 0 Å². The van der Waals surface area contributed by atoms with Gasteiger partial charge in [-0.1, -0.05) is 0 Å². The Labute approximate surface area is 80.1 Å². The van der Waals surface area contributed by atoms with Crippen molar-refractivity contribution in [2.75, 3.05) is 0 Å². The smallest absolute Gasteiger partial charge is 0.391 e. The molecule has 84 valence electrons. The standard InChI is InChI=1S/C8H14F3NO2/c1-6(2)5(13)4-7(3,12(6)14)8(9,10)11/h5,13-14H,4H2,1-3H3. The lowest BCUT2D eigenvalue weighted by molar-refractivity contribution is -0.304. The largest absolute Gasteiger partial charge is 0.408 e. The number of nitrogens with zero attached hydrogens (tertiary/aromatic N) is 1. The number of aliphatic hydroxyl groups is 1. The number of rotatable bonds is 0. The first kappa shape index (κ1) is 11.7. The molecule has 0 aromatic heterocycles. The summed E-state index contributed by atoms with van der Waals surface area (Å²) in [6.07, 6.45) is -6.27. The molecular formula is C8H14F3NO2. The maximum absolute atomic E-state index is 12.6. The van der Waals surface area contributed by atoms with Gasteiger partial charge in [-0.25, -0.2) is 0 Å². The van der Waals surface area contributed by atoms with Gasteiger partial charge < -0.3 is 10.3 Å². The molecular weight excluding hydrogens is 199 g/mol. The van der Waals surface area contributed by atoms with Crippen LogP contribution in [0.4, 0.5) is 13.2 Å². The molecule has 1 fully saturated rings. The molecule has 1 saturated heterocycles. The minimum absolute atomic E-state index is 0.213. The van der Waals surface area contributed by atoms with E-state index in [0.29, 0.717) is 0 Å². The summed E-state index contributed by atoms with van der Waals surface area (Å²) < 4.78 is 37.8. The van der Waals surface area contributed by atoms with Crippen LogP contribution in [0.3, 0.4) is 0 Å². The molecule has 1 aliphatic heterocycles. The third-order valence-electron chi connectivity index (χ3n) is 3.03. The van der Waals surface area contributed by atoms with Gasteiger partial charge in [0.1, 0.15) is 5.54 Å². The molecule has 0 spiro atoms. The summed E-state index contributed by atoms with van der Waals surface area (Å²) in [6, 6.07) is 0. The molecule has 1 heterocycles. The van der Waals surface area contributed by atoms with Crippen molar-refractivity contribution in [2.45, 2.75) is 50.6 Å². The van der Waals surface area contributed by atoms with Gasteiger partial charge in [0, 0.05) is 6.42 Å². The second kappa shape index (κ2) is 2.84. The fraction of sp³-hybridized carbons (Fsp3) is 1.00. The number of hydrogen-bond acceptors (Lipinski definition) is 3. The van der Waals surface area contributed by atoms with Crippen molar-refractivity contribution in [3.63, 3.8) is 0 Å². The normalized spacial score (nSPS) is 39.0. The second-order valence-corrected chi connectivity index (χ2v) is 4.46. The molecule has 1 rings (SSSR count). The molecule has 0 aromatic carbocycles. The van der Waals surface area contributed by atoms with E-state index >= 15 is 0 Å². The fourth-order valence-corrected chi connectivity index (χ4v) is 1.73. The lowest BCUT2D eigenvalue weighted by Gasteiger charge is -2.37. The monoisotopic (exact) mass is 213 g/mol. The first-order valence-corrected chi connectivity index (χ1v) is 4.27. The third kappa shape index (κ3) is 1.32. The third-order valence-corrected chi connectivity index (χ3v) is 3.03. The molecule has 0 aliphatic carbocycles. The van der Waals surface area contributed by atoms with Gasteiger partial charge in [0.05, 0.1) is 11.6 Å². The van der Waals surface area contributed by atoms with Crippen molar-refractivity contribution in [3.8, 4) is 0 Å². The Bertz CT molecular complexity index is 241. The summed E-state index contributed by atoms with van der Waals surface area (Å²) in [5.74, 6) is 0. The van der Waals surface area contributed by atoms with E-state index in [0.717, 1.165) is 6.92 Å². The number of hydroxylamine groups is 2. The van der Waals surface area contributed by atoms with Crippen molar-refractivity contribution in [2.24, 2.45) is 0 Å². The average Bonchev–Trinajstić information content (AvgIpc) is 2.12. The molecule has 1 aliphatic rings. The summed E-state index contributed by atoms with van der Waals surface area (Å²) >= 11 is 0. The van der Waals surface area contributed by atoms with Crippen LogP contribution in [0.15, 0.2) is 0 Å². The van der Waals surface area contributed by atoms with Crippen molar-refractivity contribution < 1.29 is 23.5 Å². The molecule has 0 saturated carbocycles. The first-order chi connectivity index (χ1) is 6.03. The predicted octanol–water partition coefficient (Wildman–Crippen LogP) is 1.54. The fourth-order valence-electron chi connectivity index (χ4n) is 1.73. The van der Waals surface area contributed by atoms with E-state index in [2.05, 4.69) is 0 Å². The molecule has 6 heteroatoms. The molecule has 0 bridgehead atoms. The Morgan fingerprint density at radius 3 is 1.86 bits per heavy atom. The molecule has 0 amide bonds. The van der Waals surface area contributed by atoms with Gasteiger partial charge in [0.25, 0.3) is 0 Å². The Morgan fingerprint density at radius 1 is 1.29 bits per heavy atom. The lowest BCUT2D eigenvalue weighted by Crippen LogP contribution is -2.56. The maximum Gasteiger partial charge on any atom is 0.408 e. The number of hydrogen-bond donors (Lipinski definition) is 2. The van der Waals surface area contributed by atoms with Crippen LogP contribution in [0.2, 0.25) is 0 Å². The first-order valence-electron chi connectivity index (χ1n) is 4.27. The van der Waals surface area contributed by atoms with Crippen LogP contribution < -0.4 is 0 Å². The second-order valence-electron chi connectivity index (χ2n) is 4.46. The Balaban J connectivity index is 3.08. The number of alkyl halides is 3. The van der Waals surface area contributed by atoms with Crippen LogP contribution in [0, 0.1) is 0 Å². The van der Waals surface area contributed by atoms with Crippen LogP contribution in [0.5, 0.6) is 0 Å². The van der Waals surface area contributed by atoms with Crippen LogP contribution in [0.1, 0.15) is 27.2 Å². The minimum Gasteiger partial charge on any atom is -0.391 e. The van der Waals surface area contributed by atoms with Gasteiger partial charge >= 0.3 is 6.18 Å². The minimum atomic E-state index is -4.56. The molecule has 14 heavy (non-hydrogen) atoms. The van der Waals surface area contributed by atoms with Gasteiger partial charge in [0.2, 0.25) is 0 Å². The summed E-state index contributed by atoms with van der Waals surface area (Å²) in [4.78, 5) is 0. The zero-order chi connectivity index (χ0) is 11.4. The predicted molar refractivity (Wildman–Crippen MR) is 42.8 cm³/mol. The van der Waals surface area contributed by atoms with Gasteiger partial charge in [-0.05, 0) is 20.8 Å². The highest BCUT2D eigenvalue weighted by molar-refractivity contribution is 5.07. The summed E-state index contributed by atoms with van der Waals surface area (Å²) in [5, 5.41) is 19.1. The zero-order valence-corrected chi connectivity index (χ0v) is 8.26. The van der Waals surface area contributed by atoms with Crippen LogP contribution in [-0.2, 0) is 0 Å². The van der Waals surface area contributed by atoms with Crippen molar-refractivity contribution in [1.82, 2.24) is 5.06 Å². The van der Waals surface area contributed by atoms with Crippen LogP contribution in [0.25, 0.3) is 0 Å². The quantitative estimate of drug-likeness (QED) is 0.641. The lowest BCUT2D eigenvalue weighted by atomic mass is 9.96. The maximum atomic E-state index is 12.6. The van der Waals surface area contributed by atoms with Gasteiger partial charge in [0.15, 0.2) is 0 Å². The van der Waals surface area contributed by atoms with Crippen molar-refractivity contribution in [3.05, 3.63) is 0 Å². The highest BCUT2D eigenvalue weighted by Crippen LogP contribution is 2.48. The van der Waals surface area contributed by atoms with Crippen LogP contribution in [-0.4, -0.2) is 38.7 Å². The molecule has 2 atom stereocenters. The Kier molecular flexibility index (Phi) is 2.38. The van der Waals surface area contributed by atoms with Gasteiger partial charge in [-0.2, -0.15) is 18.2 Å². The molecule has 2 unspecified atom stereocenters. The average molecular weight is 213 g/mol. The molecule has 3 nitrogen and oxygen atoms in total. The summed E-state index contributed by atoms with van der Waals surface area (Å²) in [5.41, 5.74) is -3.64. The zero-order valence-electron chi connectivity index (χ0n) is 8.26. The molecule has 0 radical (unpaired) electrons.